The Morgan fingerprint density at radius 3 is 2.44 bits per heavy atom. The Hall–Kier alpha value is -3.72. The van der Waals surface area contributed by atoms with Gasteiger partial charge in [0.2, 0.25) is 11.8 Å². The van der Waals surface area contributed by atoms with Crippen LogP contribution in [0.25, 0.3) is 22.0 Å². The van der Waals surface area contributed by atoms with Gasteiger partial charge in [-0.15, -0.1) is 5.10 Å². The summed E-state index contributed by atoms with van der Waals surface area (Å²) in [5.74, 6) is -0.296. The Bertz CT molecular complexity index is 1550. The molecule has 2 atom stereocenters. The topological polar surface area (TPSA) is 49.2 Å². The van der Waals surface area contributed by atoms with Crippen molar-refractivity contribution in [1.82, 2.24) is 14.8 Å². The lowest BCUT2D eigenvalue weighted by Gasteiger charge is -2.23. The number of aromatic nitrogens is 3. The first kappa shape index (κ1) is 30.7. The fourth-order valence-corrected chi connectivity index (χ4v) is 5.55. The zero-order valence-electron chi connectivity index (χ0n) is 24.8. The van der Waals surface area contributed by atoms with Gasteiger partial charge in [-0.05, 0) is 80.0 Å². The lowest BCUT2D eigenvalue weighted by atomic mass is 9.87. The second kappa shape index (κ2) is 13.3. The number of ether oxygens (including phenoxy) is 2. The molecule has 0 spiro atoms. The number of nitrogens with zero attached hydrogens (tertiary/aromatic N) is 3. The van der Waals surface area contributed by atoms with E-state index in [-0.39, 0.29) is 23.3 Å². The van der Waals surface area contributed by atoms with Gasteiger partial charge in [0.25, 0.3) is 0 Å². The van der Waals surface area contributed by atoms with E-state index < -0.39 is 18.5 Å². The smallest absolute Gasteiger partial charge is 0.393 e. The minimum atomic E-state index is -4.49. The molecule has 2 aromatic heterocycles. The molecule has 5 nitrogen and oxygen atoms in total. The first-order valence-electron chi connectivity index (χ1n) is 14.9. The van der Waals surface area contributed by atoms with E-state index >= 15 is 4.39 Å². The summed E-state index contributed by atoms with van der Waals surface area (Å²) in [5.41, 5.74) is 3.18. The molecule has 1 saturated heterocycles. The Balaban J connectivity index is 1.65. The molecule has 1 aliphatic heterocycles. The number of rotatable bonds is 10. The fraction of sp³-hybridized carbons (Fsp3) is 0.412. The molecule has 0 N–H and O–H groups in total. The normalized spacial score (nSPS) is 17.1. The molecular weight excluding hydrogens is 558 g/mol. The van der Waals surface area contributed by atoms with Crippen LogP contribution in [0.4, 0.5) is 17.6 Å². The summed E-state index contributed by atoms with van der Waals surface area (Å²) in [6.45, 7) is 6.53. The summed E-state index contributed by atoms with van der Waals surface area (Å²) in [5, 5.41) is 4.34. The van der Waals surface area contributed by atoms with Crippen molar-refractivity contribution in [3.63, 3.8) is 0 Å². The van der Waals surface area contributed by atoms with Crippen LogP contribution in [0.3, 0.4) is 0 Å². The number of alkyl halides is 3. The molecule has 0 aliphatic carbocycles. The van der Waals surface area contributed by atoms with E-state index in [1.807, 2.05) is 13.8 Å². The van der Waals surface area contributed by atoms with Crippen LogP contribution in [-0.2, 0) is 4.74 Å². The van der Waals surface area contributed by atoms with Crippen LogP contribution in [0.1, 0.15) is 87.3 Å². The molecule has 43 heavy (non-hydrogen) atoms. The quantitative estimate of drug-likeness (QED) is 0.135. The van der Waals surface area contributed by atoms with Crippen molar-refractivity contribution in [3.05, 3.63) is 89.0 Å². The highest BCUT2D eigenvalue weighted by Gasteiger charge is 2.32. The van der Waals surface area contributed by atoms with Crippen molar-refractivity contribution >= 4 is 22.0 Å². The van der Waals surface area contributed by atoms with Crippen molar-refractivity contribution in [2.45, 2.75) is 84.2 Å². The van der Waals surface area contributed by atoms with Crippen LogP contribution in [0.15, 0.2) is 60.8 Å². The summed E-state index contributed by atoms with van der Waals surface area (Å²) in [7, 11) is 0. The molecule has 5 rings (SSSR count). The summed E-state index contributed by atoms with van der Waals surface area (Å²) in [6.07, 6.45) is 0.974. The van der Waals surface area contributed by atoms with Gasteiger partial charge in [0.1, 0.15) is 0 Å². The van der Waals surface area contributed by atoms with Gasteiger partial charge in [0, 0.05) is 24.4 Å². The van der Waals surface area contributed by atoms with Crippen LogP contribution >= 0.6 is 0 Å². The maximum atomic E-state index is 15.3. The number of hydrogen-bond acceptors (Lipinski definition) is 4. The lowest BCUT2D eigenvalue weighted by Crippen LogP contribution is -2.19. The van der Waals surface area contributed by atoms with Crippen molar-refractivity contribution < 1.29 is 27.0 Å². The predicted octanol–water partition coefficient (Wildman–Crippen LogP) is 9.45. The second-order valence-electron chi connectivity index (χ2n) is 11.3. The van der Waals surface area contributed by atoms with Crippen molar-refractivity contribution in [2.75, 3.05) is 6.61 Å². The Morgan fingerprint density at radius 2 is 1.79 bits per heavy atom. The van der Waals surface area contributed by atoms with Crippen molar-refractivity contribution in [2.24, 2.45) is 0 Å². The third kappa shape index (κ3) is 7.44. The highest BCUT2D eigenvalue weighted by atomic mass is 19.4. The molecule has 3 heterocycles. The molecular formula is C34H37F4N3O2. The molecule has 9 heteroatoms. The number of halogens is 4. The fourth-order valence-electron chi connectivity index (χ4n) is 5.55. The molecule has 1 aliphatic rings. The summed E-state index contributed by atoms with van der Waals surface area (Å²) < 4.78 is 71.0. The summed E-state index contributed by atoms with van der Waals surface area (Å²) in [4.78, 5) is 4.46. The standard InChI is InChI=1S/C34H37F4N3O2/c1-4-5-8-23(3)43-30-17-15-26(21-39-30)32(28(20-34(36,37)38)24-12-10-22(2)11-13-24)25-14-16-29-27(19-25)33(35)40-41(29)31-9-6-7-18-42-31/h10-17,19,21,23,31H,4-9,18,20H2,1-3H3/b32-28-/t23-,31?/m0/s1. The molecule has 0 saturated carbocycles. The number of benzene rings is 2. The van der Waals surface area contributed by atoms with E-state index in [1.54, 1.807) is 59.3 Å². The Morgan fingerprint density at radius 1 is 1.05 bits per heavy atom. The average molecular weight is 596 g/mol. The number of aryl methyl sites for hydroxylation is 1. The Labute approximate surface area is 249 Å². The van der Waals surface area contributed by atoms with Gasteiger partial charge in [0.05, 0.1) is 23.4 Å². The highest BCUT2D eigenvalue weighted by molar-refractivity contribution is 6.00. The third-order valence-electron chi connectivity index (χ3n) is 7.77. The van der Waals surface area contributed by atoms with E-state index in [0.29, 0.717) is 46.7 Å². The molecule has 4 aromatic rings. The van der Waals surface area contributed by atoms with Gasteiger partial charge < -0.3 is 9.47 Å². The van der Waals surface area contributed by atoms with E-state index in [9.17, 15) is 13.2 Å². The second-order valence-corrected chi connectivity index (χ2v) is 11.3. The van der Waals surface area contributed by atoms with Crippen LogP contribution in [0, 0.1) is 12.9 Å². The van der Waals surface area contributed by atoms with Crippen LogP contribution in [0.2, 0.25) is 0 Å². The van der Waals surface area contributed by atoms with Crippen molar-refractivity contribution in [3.8, 4) is 5.88 Å². The molecule has 1 fully saturated rings. The zero-order chi connectivity index (χ0) is 30.6. The summed E-state index contributed by atoms with van der Waals surface area (Å²) in [6, 6.07) is 15.3. The van der Waals surface area contributed by atoms with E-state index in [0.717, 1.165) is 37.7 Å². The average Bonchev–Trinajstić information content (AvgIpc) is 3.32. The lowest BCUT2D eigenvalue weighted by molar-refractivity contribution is -0.122. The molecule has 0 radical (unpaired) electrons. The van der Waals surface area contributed by atoms with E-state index in [2.05, 4.69) is 17.0 Å². The number of unbranched alkanes of at least 4 members (excludes halogenated alkanes) is 1. The Kier molecular flexibility index (Phi) is 9.49. The number of allylic oxidation sites excluding steroid dienone is 1. The SMILES string of the molecule is CCCC[C@H](C)Oc1ccc(/C(=C(/CC(F)(F)F)c2ccc(C)cc2)c2ccc3c(c2)c(F)nn3C2CCCCO2)cn1. The van der Waals surface area contributed by atoms with E-state index in [4.69, 9.17) is 9.47 Å². The number of pyridine rings is 1. The monoisotopic (exact) mass is 595 g/mol. The van der Waals surface area contributed by atoms with Crippen LogP contribution < -0.4 is 4.74 Å². The largest absolute Gasteiger partial charge is 0.475 e. The minimum Gasteiger partial charge on any atom is -0.475 e. The van der Waals surface area contributed by atoms with Gasteiger partial charge >= 0.3 is 6.18 Å². The minimum absolute atomic E-state index is 0.0447. The summed E-state index contributed by atoms with van der Waals surface area (Å²) >= 11 is 0. The van der Waals surface area contributed by atoms with Gasteiger partial charge in [-0.1, -0.05) is 55.7 Å². The van der Waals surface area contributed by atoms with Gasteiger partial charge in [0.15, 0.2) is 6.23 Å². The molecule has 0 amide bonds. The molecule has 0 bridgehead atoms. The maximum Gasteiger partial charge on any atom is 0.393 e. The molecule has 2 aromatic carbocycles. The van der Waals surface area contributed by atoms with Crippen LogP contribution in [0.5, 0.6) is 5.88 Å². The van der Waals surface area contributed by atoms with Crippen LogP contribution in [-0.4, -0.2) is 33.7 Å². The van der Waals surface area contributed by atoms with Gasteiger partial charge in [-0.25, -0.2) is 9.67 Å². The predicted molar refractivity (Wildman–Crippen MR) is 160 cm³/mol. The number of hydrogen-bond donors (Lipinski definition) is 0. The molecule has 228 valence electrons. The zero-order valence-corrected chi connectivity index (χ0v) is 24.8. The molecule has 1 unspecified atom stereocenters. The maximum absolute atomic E-state index is 15.3. The first-order valence-corrected chi connectivity index (χ1v) is 14.9. The number of fused-ring (bicyclic) bond motifs is 1. The first-order chi connectivity index (χ1) is 20.6. The highest BCUT2D eigenvalue weighted by Crippen LogP contribution is 2.41. The van der Waals surface area contributed by atoms with Gasteiger partial charge in [-0.2, -0.15) is 17.6 Å². The third-order valence-corrected chi connectivity index (χ3v) is 7.77. The van der Waals surface area contributed by atoms with Gasteiger partial charge in [-0.3, -0.25) is 0 Å². The van der Waals surface area contributed by atoms with Crippen molar-refractivity contribution in [1.29, 1.82) is 0 Å². The van der Waals surface area contributed by atoms with E-state index in [1.165, 1.54) is 6.20 Å².